The maximum absolute atomic E-state index is 13.5. The van der Waals surface area contributed by atoms with E-state index in [0.717, 1.165) is 10.5 Å². The van der Waals surface area contributed by atoms with Crippen LogP contribution in [0.5, 0.6) is 0 Å². The highest BCUT2D eigenvalue weighted by molar-refractivity contribution is 6.10. The number of rotatable bonds is 6. The van der Waals surface area contributed by atoms with Crippen molar-refractivity contribution in [3.63, 3.8) is 0 Å². The second-order valence-corrected chi connectivity index (χ2v) is 7.13. The van der Waals surface area contributed by atoms with E-state index in [4.69, 9.17) is 4.52 Å². The largest absolute Gasteiger partial charge is 0.360 e. The summed E-state index contributed by atoms with van der Waals surface area (Å²) in [5.74, 6) is -0.265. The third kappa shape index (κ3) is 3.67. The molecule has 2 N–H and O–H groups in total. The van der Waals surface area contributed by atoms with Gasteiger partial charge in [-0.25, -0.2) is 4.79 Å². The second kappa shape index (κ2) is 7.82. The average molecular weight is 404 g/mol. The number of carbonyl (C=O) groups is 3. The van der Waals surface area contributed by atoms with Crippen LogP contribution >= 0.6 is 0 Å². The van der Waals surface area contributed by atoms with Crippen LogP contribution in [0.1, 0.15) is 16.9 Å². The molecule has 0 spiro atoms. The van der Waals surface area contributed by atoms with E-state index in [-0.39, 0.29) is 12.2 Å². The topological polar surface area (TPSA) is 105 Å². The third-order valence-corrected chi connectivity index (χ3v) is 4.95. The van der Waals surface area contributed by atoms with E-state index >= 15 is 0 Å². The van der Waals surface area contributed by atoms with Crippen LogP contribution < -0.4 is 10.6 Å². The molecule has 30 heavy (non-hydrogen) atoms. The first kappa shape index (κ1) is 19.4. The van der Waals surface area contributed by atoms with E-state index in [1.54, 1.807) is 25.1 Å². The van der Waals surface area contributed by atoms with Gasteiger partial charge in [-0.3, -0.25) is 14.5 Å². The number of aromatic nitrogens is 1. The monoisotopic (exact) mass is 404 g/mol. The maximum atomic E-state index is 13.5. The summed E-state index contributed by atoms with van der Waals surface area (Å²) in [4.78, 5) is 39.5. The van der Waals surface area contributed by atoms with Gasteiger partial charge in [0.15, 0.2) is 11.4 Å². The van der Waals surface area contributed by atoms with Gasteiger partial charge in [0, 0.05) is 12.5 Å². The van der Waals surface area contributed by atoms with Crippen LogP contribution in [0.25, 0.3) is 0 Å². The second-order valence-electron chi connectivity index (χ2n) is 7.13. The fourth-order valence-corrected chi connectivity index (χ4v) is 3.56. The molecular weight excluding hydrogens is 384 g/mol. The molecular formula is C22H20N4O4. The summed E-state index contributed by atoms with van der Waals surface area (Å²) in [5.41, 5.74) is 0.256. The molecule has 4 rings (SSSR count). The summed E-state index contributed by atoms with van der Waals surface area (Å²) in [5, 5.41) is 9.05. The standard InChI is InChI=1S/C22H20N4O4/c1-15-12-18(25-30-15)23-19(27)14-26-20(28)22(24-21(26)29,17-10-6-3-7-11-17)13-16-8-4-2-5-9-16/h2-12H,13-14H2,1H3,(H,24,29)(H,23,25,27)/t22-/m1/s1. The normalized spacial score (nSPS) is 18.4. The lowest BCUT2D eigenvalue weighted by Gasteiger charge is -2.27. The van der Waals surface area contributed by atoms with Crippen LogP contribution in [0.4, 0.5) is 10.6 Å². The number of benzene rings is 2. The molecule has 2 heterocycles. The minimum Gasteiger partial charge on any atom is -0.360 e. The Morgan fingerprint density at radius 3 is 2.40 bits per heavy atom. The highest BCUT2D eigenvalue weighted by Crippen LogP contribution is 2.33. The molecule has 0 bridgehead atoms. The van der Waals surface area contributed by atoms with Crippen molar-refractivity contribution in [1.82, 2.24) is 15.4 Å². The van der Waals surface area contributed by atoms with Crippen molar-refractivity contribution in [2.24, 2.45) is 0 Å². The van der Waals surface area contributed by atoms with Gasteiger partial charge in [-0.05, 0) is 18.1 Å². The molecule has 1 fully saturated rings. The summed E-state index contributed by atoms with van der Waals surface area (Å²) in [6.07, 6.45) is 0.267. The Labute approximate surface area is 172 Å². The Morgan fingerprint density at radius 2 is 1.77 bits per heavy atom. The molecule has 4 amide bonds. The van der Waals surface area contributed by atoms with Gasteiger partial charge in [0.2, 0.25) is 5.91 Å². The van der Waals surface area contributed by atoms with E-state index in [2.05, 4.69) is 15.8 Å². The number of nitrogens with one attached hydrogen (secondary N) is 2. The summed E-state index contributed by atoms with van der Waals surface area (Å²) in [6.45, 7) is 1.26. The third-order valence-electron chi connectivity index (χ3n) is 4.95. The van der Waals surface area contributed by atoms with Crippen molar-refractivity contribution in [3.05, 3.63) is 83.6 Å². The molecule has 1 aliphatic heterocycles. The van der Waals surface area contributed by atoms with Gasteiger partial charge in [0.25, 0.3) is 5.91 Å². The number of hydrogen-bond donors (Lipinski definition) is 2. The van der Waals surface area contributed by atoms with Crippen LogP contribution in [0.3, 0.4) is 0 Å². The number of nitrogens with zero attached hydrogens (tertiary/aromatic N) is 2. The molecule has 2 aromatic carbocycles. The van der Waals surface area contributed by atoms with Gasteiger partial charge < -0.3 is 15.2 Å². The summed E-state index contributed by atoms with van der Waals surface area (Å²) < 4.78 is 4.91. The molecule has 0 unspecified atom stereocenters. The lowest BCUT2D eigenvalue weighted by atomic mass is 9.83. The predicted molar refractivity (Wildman–Crippen MR) is 108 cm³/mol. The smallest absolute Gasteiger partial charge is 0.325 e. The van der Waals surface area contributed by atoms with Crippen LogP contribution in [0.15, 0.2) is 71.3 Å². The molecule has 0 saturated carbocycles. The minimum atomic E-state index is -1.29. The number of anilines is 1. The fraction of sp³-hybridized carbons (Fsp3) is 0.182. The number of hydrogen-bond acceptors (Lipinski definition) is 5. The van der Waals surface area contributed by atoms with E-state index in [1.807, 2.05) is 48.5 Å². The molecule has 152 valence electrons. The van der Waals surface area contributed by atoms with Gasteiger partial charge in [0.05, 0.1) is 0 Å². The van der Waals surface area contributed by atoms with Gasteiger partial charge in [0.1, 0.15) is 12.3 Å². The van der Waals surface area contributed by atoms with E-state index in [1.165, 1.54) is 0 Å². The maximum Gasteiger partial charge on any atom is 0.325 e. The molecule has 0 radical (unpaired) electrons. The van der Waals surface area contributed by atoms with E-state index in [0.29, 0.717) is 11.3 Å². The number of amides is 4. The van der Waals surface area contributed by atoms with Gasteiger partial charge in [-0.2, -0.15) is 0 Å². The van der Waals surface area contributed by atoms with Gasteiger partial charge in [-0.1, -0.05) is 65.8 Å². The van der Waals surface area contributed by atoms with Crippen molar-refractivity contribution < 1.29 is 18.9 Å². The summed E-state index contributed by atoms with van der Waals surface area (Å²) >= 11 is 0. The summed E-state index contributed by atoms with van der Waals surface area (Å²) in [6, 6.07) is 19.4. The Balaban J connectivity index is 1.61. The van der Waals surface area contributed by atoms with E-state index < -0.39 is 29.9 Å². The van der Waals surface area contributed by atoms with Gasteiger partial charge >= 0.3 is 6.03 Å². The molecule has 8 nitrogen and oxygen atoms in total. The molecule has 0 aliphatic carbocycles. The molecule has 1 saturated heterocycles. The minimum absolute atomic E-state index is 0.225. The highest BCUT2D eigenvalue weighted by Gasteiger charge is 2.52. The average Bonchev–Trinajstić information content (AvgIpc) is 3.25. The SMILES string of the molecule is Cc1cc(NC(=O)CN2C(=O)N[C@](Cc3ccccc3)(c3ccccc3)C2=O)no1. The Hall–Kier alpha value is -3.94. The lowest BCUT2D eigenvalue weighted by molar-refractivity contribution is -0.134. The molecule has 1 atom stereocenters. The Morgan fingerprint density at radius 1 is 1.10 bits per heavy atom. The molecule has 1 aliphatic rings. The van der Waals surface area contributed by atoms with Crippen molar-refractivity contribution in [1.29, 1.82) is 0 Å². The predicted octanol–water partition coefficient (Wildman–Crippen LogP) is 2.61. The first-order chi connectivity index (χ1) is 14.5. The van der Waals surface area contributed by atoms with E-state index in [9.17, 15) is 14.4 Å². The molecule has 1 aromatic heterocycles. The Kier molecular flexibility index (Phi) is 5.05. The first-order valence-corrected chi connectivity index (χ1v) is 9.45. The number of imide groups is 1. The molecule has 8 heteroatoms. The zero-order chi connectivity index (χ0) is 21.1. The summed E-state index contributed by atoms with van der Waals surface area (Å²) in [7, 11) is 0. The van der Waals surface area contributed by atoms with Crippen LogP contribution in [0, 0.1) is 6.92 Å². The Bertz CT molecular complexity index is 1080. The van der Waals surface area contributed by atoms with Crippen molar-refractivity contribution >= 4 is 23.7 Å². The van der Waals surface area contributed by atoms with Gasteiger partial charge in [-0.15, -0.1) is 0 Å². The fourth-order valence-electron chi connectivity index (χ4n) is 3.56. The van der Waals surface area contributed by atoms with Crippen LogP contribution in [0.2, 0.25) is 0 Å². The first-order valence-electron chi connectivity index (χ1n) is 9.45. The van der Waals surface area contributed by atoms with Crippen LogP contribution in [-0.2, 0) is 21.5 Å². The zero-order valence-electron chi connectivity index (χ0n) is 16.3. The molecule has 3 aromatic rings. The number of aryl methyl sites for hydroxylation is 1. The van der Waals surface area contributed by atoms with Crippen LogP contribution in [-0.4, -0.2) is 34.4 Å². The lowest BCUT2D eigenvalue weighted by Crippen LogP contribution is -2.46. The highest BCUT2D eigenvalue weighted by atomic mass is 16.5. The number of carbonyl (C=O) groups excluding carboxylic acids is 3. The zero-order valence-corrected chi connectivity index (χ0v) is 16.3. The van der Waals surface area contributed by atoms with Crippen molar-refractivity contribution in [2.75, 3.05) is 11.9 Å². The number of urea groups is 1. The van der Waals surface area contributed by atoms with Crippen molar-refractivity contribution in [3.8, 4) is 0 Å². The quantitative estimate of drug-likeness (QED) is 0.615. The van der Waals surface area contributed by atoms with Crippen molar-refractivity contribution in [2.45, 2.75) is 18.9 Å².